The second-order valence-corrected chi connectivity index (χ2v) is 8.38. The van der Waals surface area contributed by atoms with Gasteiger partial charge in [0.1, 0.15) is 0 Å². The number of hydrogen-bond acceptors (Lipinski definition) is 7. The predicted molar refractivity (Wildman–Crippen MR) is 108 cm³/mol. The van der Waals surface area contributed by atoms with Gasteiger partial charge in [0.25, 0.3) is 0 Å². The van der Waals surface area contributed by atoms with Gasteiger partial charge < -0.3 is 10.6 Å². The number of anilines is 3. The van der Waals surface area contributed by atoms with Crippen LogP contribution >= 0.6 is 34.7 Å². The Kier molecular flexibility index (Phi) is 6.08. The first-order chi connectivity index (χ1) is 12.5. The third kappa shape index (κ3) is 4.94. The Labute approximate surface area is 164 Å². The lowest BCUT2D eigenvalue weighted by Crippen LogP contribution is -2.22. The fraction of sp³-hybridized carbons (Fsp3) is 0.176. The third-order valence-electron chi connectivity index (χ3n) is 3.34. The number of aromatic nitrogens is 3. The summed E-state index contributed by atoms with van der Waals surface area (Å²) >= 11 is 8.70. The Balaban J connectivity index is 1.59. The second-order valence-electron chi connectivity index (χ2n) is 5.46. The number of aryl methyl sites for hydroxylation is 1. The lowest BCUT2D eigenvalue weighted by atomic mass is 10.2. The highest BCUT2D eigenvalue weighted by Gasteiger charge is 2.18. The molecule has 2 aromatic heterocycles. The van der Waals surface area contributed by atoms with E-state index >= 15 is 0 Å². The first-order valence-electron chi connectivity index (χ1n) is 7.76. The Morgan fingerprint density at radius 2 is 2.12 bits per heavy atom. The van der Waals surface area contributed by atoms with Crippen molar-refractivity contribution in [3.05, 3.63) is 53.3 Å². The molecule has 3 aromatic rings. The van der Waals surface area contributed by atoms with Crippen LogP contribution in [0.3, 0.4) is 0 Å². The van der Waals surface area contributed by atoms with E-state index in [1.807, 2.05) is 31.2 Å². The van der Waals surface area contributed by atoms with E-state index in [1.54, 1.807) is 25.3 Å². The lowest BCUT2D eigenvalue weighted by Gasteiger charge is -2.10. The summed E-state index contributed by atoms with van der Waals surface area (Å²) in [6, 6.07) is 11.4. The maximum absolute atomic E-state index is 12.3. The number of hydrogen-bond donors (Lipinski definition) is 2. The van der Waals surface area contributed by atoms with Crippen molar-refractivity contribution in [2.24, 2.45) is 0 Å². The zero-order chi connectivity index (χ0) is 18.5. The molecule has 1 amide bonds. The molecule has 0 bridgehead atoms. The number of nitrogens with zero attached hydrogens (tertiary/aromatic N) is 3. The van der Waals surface area contributed by atoms with Crippen LogP contribution < -0.4 is 10.6 Å². The van der Waals surface area contributed by atoms with Gasteiger partial charge in [-0.3, -0.25) is 4.79 Å². The normalized spacial score (nSPS) is 11.8. The van der Waals surface area contributed by atoms with Crippen molar-refractivity contribution in [2.45, 2.75) is 23.4 Å². The van der Waals surface area contributed by atoms with Gasteiger partial charge in [-0.15, -0.1) is 10.2 Å². The van der Waals surface area contributed by atoms with Crippen LogP contribution in [0, 0.1) is 6.92 Å². The summed E-state index contributed by atoms with van der Waals surface area (Å²) in [5.74, 6) is -0.173. The average molecular weight is 406 g/mol. The molecule has 9 heteroatoms. The maximum Gasteiger partial charge on any atom is 0.237 e. The second kappa shape index (κ2) is 8.48. The molecule has 0 saturated carbocycles. The number of nitrogens with one attached hydrogen (secondary N) is 2. The largest absolute Gasteiger partial charge is 0.330 e. The van der Waals surface area contributed by atoms with E-state index in [2.05, 4.69) is 25.8 Å². The monoisotopic (exact) mass is 405 g/mol. The molecule has 6 nitrogen and oxygen atoms in total. The van der Waals surface area contributed by atoms with Gasteiger partial charge in [-0.25, -0.2) is 4.98 Å². The molecule has 1 aromatic carbocycles. The fourth-order valence-corrected chi connectivity index (χ4v) is 4.16. The Morgan fingerprint density at radius 3 is 2.88 bits per heavy atom. The van der Waals surface area contributed by atoms with E-state index in [-0.39, 0.29) is 16.3 Å². The highest BCUT2D eigenvalue weighted by atomic mass is 35.5. The van der Waals surface area contributed by atoms with Crippen molar-refractivity contribution in [1.29, 1.82) is 0 Å². The number of thioether (sulfide) groups is 1. The molecular formula is C17H16ClN5OS2. The summed E-state index contributed by atoms with van der Waals surface area (Å²) in [5.41, 5.74) is 2.61. The van der Waals surface area contributed by atoms with Crippen molar-refractivity contribution in [3.8, 4) is 0 Å². The summed E-state index contributed by atoms with van der Waals surface area (Å²) < 4.78 is 0.708. The van der Waals surface area contributed by atoms with Gasteiger partial charge in [0.05, 0.1) is 10.9 Å². The van der Waals surface area contributed by atoms with Gasteiger partial charge in [-0.1, -0.05) is 46.8 Å². The van der Waals surface area contributed by atoms with Crippen LogP contribution in [-0.4, -0.2) is 26.3 Å². The zero-order valence-electron chi connectivity index (χ0n) is 14.1. The van der Waals surface area contributed by atoms with Gasteiger partial charge >= 0.3 is 0 Å². The van der Waals surface area contributed by atoms with E-state index in [0.29, 0.717) is 15.2 Å². The van der Waals surface area contributed by atoms with Crippen LogP contribution in [-0.2, 0) is 4.79 Å². The molecule has 0 unspecified atom stereocenters. The summed E-state index contributed by atoms with van der Waals surface area (Å²) in [6.45, 7) is 3.83. The minimum Gasteiger partial charge on any atom is -0.330 e. The number of pyridine rings is 1. The van der Waals surface area contributed by atoms with Gasteiger partial charge in [-0.2, -0.15) is 0 Å². The van der Waals surface area contributed by atoms with Gasteiger partial charge in [0.15, 0.2) is 9.49 Å². The lowest BCUT2D eigenvalue weighted by molar-refractivity contribution is -0.115. The zero-order valence-corrected chi connectivity index (χ0v) is 16.5. The van der Waals surface area contributed by atoms with Gasteiger partial charge in [0, 0.05) is 11.9 Å². The van der Waals surface area contributed by atoms with Gasteiger partial charge in [-0.05, 0) is 43.7 Å². The fourth-order valence-electron chi connectivity index (χ4n) is 2.07. The standard InChI is InChI=1S/C17H16ClN5OS2/c1-10-5-3-6-12(9-10)20-16-22-23-17(26-16)25-11(2)15(24)21-13-7-4-8-19-14(13)18/h3-9,11H,1-2H3,(H,20,22)(H,21,24)/t11-/m0/s1. The van der Waals surface area contributed by atoms with Crippen molar-refractivity contribution >= 4 is 57.1 Å². The van der Waals surface area contributed by atoms with Crippen LogP contribution in [0.4, 0.5) is 16.5 Å². The highest BCUT2D eigenvalue weighted by Crippen LogP contribution is 2.31. The molecule has 0 radical (unpaired) electrons. The van der Waals surface area contributed by atoms with E-state index in [1.165, 1.54) is 23.1 Å². The van der Waals surface area contributed by atoms with Crippen molar-refractivity contribution < 1.29 is 4.79 Å². The summed E-state index contributed by atoms with van der Waals surface area (Å²) in [5, 5.41) is 14.8. The SMILES string of the molecule is Cc1cccc(Nc2nnc(S[C@@H](C)C(=O)Nc3cccnc3Cl)s2)c1. The van der Waals surface area contributed by atoms with Crippen molar-refractivity contribution in [1.82, 2.24) is 15.2 Å². The molecule has 26 heavy (non-hydrogen) atoms. The molecule has 1 atom stereocenters. The van der Waals surface area contributed by atoms with E-state index in [9.17, 15) is 4.79 Å². The summed E-state index contributed by atoms with van der Waals surface area (Å²) in [7, 11) is 0. The van der Waals surface area contributed by atoms with Crippen LogP contribution in [0.15, 0.2) is 46.9 Å². The average Bonchev–Trinajstić information content (AvgIpc) is 3.03. The topological polar surface area (TPSA) is 79.8 Å². The molecule has 2 heterocycles. The number of carbonyl (C=O) groups is 1. The summed E-state index contributed by atoms with van der Waals surface area (Å²) in [6.07, 6.45) is 1.57. The number of halogens is 1. The minimum atomic E-state index is -0.356. The highest BCUT2D eigenvalue weighted by molar-refractivity contribution is 8.02. The molecule has 134 valence electrons. The Hall–Kier alpha value is -2.16. The quantitative estimate of drug-likeness (QED) is 0.454. The molecule has 0 aliphatic carbocycles. The number of rotatable bonds is 6. The Bertz CT molecular complexity index is 917. The van der Waals surface area contributed by atoms with E-state index < -0.39 is 0 Å². The first-order valence-corrected chi connectivity index (χ1v) is 9.84. The van der Waals surface area contributed by atoms with Gasteiger partial charge in [0.2, 0.25) is 11.0 Å². The van der Waals surface area contributed by atoms with Crippen LogP contribution in [0.5, 0.6) is 0 Å². The maximum atomic E-state index is 12.3. The van der Waals surface area contributed by atoms with Crippen molar-refractivity contribution in [2.75, 3.05) is 10.6 Å². The van der Waals surface area contributed by atoms with Crippen LogP contribution in [0.1, 0.15) is 12.5 Å². The molecule has 0 spiro atoms. The Morgan fingerprint density at radius 1 is 1.27 bits per heavy atom. The molecule has 0 aliphatic heterocycles. The predicted octanol–water partition coefficient (Wildman–Crippen LogP) is 4.76. The molecular weight excluding hydrogens is 390 g/mol. The molecule has 0 aliphatic rings. The summed E-state index contributed by atoms with van der Waals surface area (Å²) in [4.78, 5) is 16.3. The smallest absolute Gasteiger partial charge is 0.237 e. The van der Waals surface area contributed by atoms with Crippen molar-refractivity contribution in [3.63, 3.8) is 0 Å². The molecule has 0 fully saturated rings. The van der Waals surface area contributed by atoms with E-state index in [4.69, 9.17) is 11.6 Å². The number of benzene rings is 1. The minimum absolute atomic E-state index is 0.173. The third-order valence-corrected chi connectivity index (χ3v) is 5.66. The molecule has 2 N–H and O–H groups in total. The van der Waals surface area contributed by atoms with E-state index in [0.717, 1.165) is 11.3 Å². The first kappa shape index (κ1) is 18.6. The van der Waals surface area contributed by atoms with Crippen LogP contribution in [0.2, 0.25) is 5.15 Å². The molecule has 3 rings (SSSR count). The number of amides is 1. The molecule has 0 saturated heterocycles. The van der Waals surface area contributed by atoms with Crippen LogP contribution in [0.25, 0.3) is 0 Å². The number of carbonyl (C=O) groups excluding carboxylic acids is 1.